The number of benzene rings is 1. The van der Waals surface area contributed by atoms with E-state index in [4.69, 9.17) is 9.84 Å². The molecule has 5 heteroatoms. The lowest BCUT2D eigenvalue weighted by Gasteiger charge is -2.02. The lowest BCUT2D eigenvalue weighted by molar-refractivity contribution is 0.0689. The van der Waals surface area contributed by atoms with Crippen LogP contribution in [0.5, 0.6) is 5.75 Å². The molecule has 1 aromatic heterocycles. The van der Waals surface area contributed by atoms with Gasteiger partial charge in [-0.05, 0) is 30.2 Å². The van der Waals surface area contributed by atoms with Crippen LogP contribution in [0, 0.1) is 0 Å². The van der Waals surface area contributed by atoms with E-state index in [0.717, 1.165) is 11.3 Å². The highest BCUT2D eigenvalue weighted by atomic mass is 16.5. The van der Waals surface area contributed by atoms with Crippen LogP contribution in [0.1, 0.15) is 35.9 Å². The van der Waals surface area contributed by atoms with Crippen molar-refractivity contribution >= 4 is 5.97 Å². The molecule has 0 aliphatic rings. The van der Waals surface area contributed by atoms with E-state index < -0.39 is 5.97 Å². The van der Waals surface area contributed by atoms with Gasteiger partial charge in [-0.15, -0.1) is 0 Å². The van der Waals surface area contributed by atoms with Crippen LogP contribution in [0.4, 0.5) is 0 Å². The Morgan fingerprint density at radius 2 is 1.95 bits per heavy atom. The molecule has 0 spiro atoms. The number of ether oxygens (including phenoxy) is 1. The van der Waals surface area contributed by atoms with Crippen molar-refractivity contribution in [3.63, 3.8) is 0 Å². The van der Waals surface area contributed by atoms with Crippen LogP contribution in [0.15, 0.2) is 24.3 Å². The van der Waals surface area contributed by atoms with E-state index in [1.807, 2.05) is 38.1 Å². The van der Waals surface area contributed by atoms with Gasteiger partial charge in [-0.2, -0.15) is 0 Å². The Morgan fingerprint density at radius 3 is 2.37 bits per heavy atom. The second-order valence-electron chi connectivity index (χ2n) is 4.54. The molecule has 2 aromatic rings. The van der Waals surface area contributed by atoms with Crippen molar-refractivity contribution in [1.82, 2.24) is 9.97 Å². The zero-order valence-corrected chi connectivity index (χ0v) is 11.1. The zero-order valence-electron chi connectivity index (χ0n) is 11.1. The summed E-state index contributed by atoms with van der Waals surface area (Å²) in [6.45, 7) is 3.86. The van der Waals surface area contributed by atoms with Crippen molar-refractivity contribution in [3.05, 3.63) is 35.7 Å². The normalized spacial score (nSPS) is 10.7. The van der Waals surface area contributed by atoms with Crippen molar-refractivity contribution < 1.29 is 14.6 Å². The number of carboxylic acid groups (broad SMARTS) is 1. The third-order valence-electron chi connectivity index (χ3n) is 2.88. The fourth-order valence-electron chi connectivity index (χ4n) is 1.85. The predicted molar refractivity (Wildman–Crippen MR) is 71.6 cm³/mol. The minimum atomic E-state index is -1.01. The first-order chi connectivity index (χ1) is 9.02. The number of carboxylic acids is 1. The van der Waals surface area contributed by atoms with Gasteiger partial charge < -0.3 is 14.8 Å². The Labute approximate surface area is 111 Å². The quantitative estimate of drug-likeness (QED) is 0.886. The number of H-pyrrole nitrogens is 1. The molecule has 100 valence electrons. The standard InChI is InChI=1S/C14H16N2O3/c1-8(2)11-12(14(17)18)16-13(15-11)9-4-6-10(19-3)7-5-9/h4-8H,1-3H3,(H,15,16)(H,17,18). The van der Waals surface area contributed by atoms with Gasteiger partial charge in [0.2, 0.25) is 0 Å². The van der Waals surface area contributed by atoms with E-state index >= 15 is 0 Å². The van der Waals surface area contributed by atoms with E-state index in [-0.39, 0.29) is 11.6 Å². The fourth-order valence-corrected chi connectivity index (χ4v) is 1.85. The molecule has 0 unspecified atom stereocenters. The number of aromatic nitrogens is 2. The number of methoxy groups -OCH3 is 1. The summed E-state index contributed by atoms with van der Waals surface area (Å²) in [4.78, 5) is 18.4. The molecule has 19 heavy (non-hydrogen) atoms. The van der Waals surface area contributed by atoms with E-state index in [1.54, 1.807) is 7.11 Å². The van der Waals surface area contributed by atoms with Crippen LogP contribution in [0.2, 0.25) is 0 Å². The third kappa shape index (κ3) is 2.59. The molecule has 5 nitrogen and oxygen atoms in total. The van der Waals surface area contributed by atoms with Gasteiger partial charge in [0.25, 0.3) is 0 Å². The maximum absolute atomic E-state index is 11.2. The van der Waals surface area contributed by atoms with Crippen LogP contribution in [-0.2, 0) is 0 Å². The topological polar surface area (TPSA) is 75.2 Å². The first kappa shape index (κ1) is 13.1. The van der Waals surface area contributed by atoms with Gasteiger partial charge in [0.1, 0.15) is 11.6 Å². The van der Waals surface area contributed by atoms with Crippen LogP contribution < -0.4 is 4.74 Å². The van der Waals surface area contributed by atoms with Crippen LogP contribution in [0.3, 0.4) is 0 Å². The summed E-state index contributed by atoms with van der Waals surface area (Å²) >= 11 is 0. The number of rotatable bonds is 4. The molecule has 2 N–H and O–H groups in total. The minimum Gasteiger partial charge on any atom is -0.497 e. The van der Waals surface area contributed by atoms with Gasteiger partial charge in [-0.3, -0.25) is 0 Å². The number of aromatic amines is 1. The maximum atomic E-state index is 11.2. The average molecular weight is 260 g/mol. The monoisotopic (exact) mass is 260 g/mol. The molecular formula is C14H16N2O3. The Balaban J connectivity index is 2.44. The van der Waals surface area contributed by atoms with Gasteiger partial charge >= 0.3 is 5.97 Å². The summed E-state index contributed by atoms with van der Waals surface area (Å²) in [7, 11) is 1.60. The summed E-state index contributed by atoms with van der Waals surface area (Å²) in [6, 6.07) is 7.31. The summed E-state index contributed by atoms with van der Waals surface area (Å²) in [6.07, 6.45) is 0. The zero-order chi connectivity index (χ0) is 14.0. The molecular weight excluding hydrogens is 244 g/mol. The largest absolute Gasteiger partial charge is 0.497 e. The number of aromatic carboxylic acids is 1. The summed E-state index contributed by atoms with van der Waals surface area (Å²) < 4.78 is 5.09. The van der Waals surface area contributed by atoms with Crippen molar-refractivity contribution in [2.75, 3.05) is 7.11 Å². The molecule has 1 aromatic carbocycles. The highest BCUT2D eigenvalue weighted by molar-refractivity contribution is 5.88. The first-order valence-corrected chi connectivity index (χ1v) is 6.00. The van der Waals surface area contributed by atoms with Crippen LogP contribution in [-0.4, -0.2) is 28.2 Å². The van der Waals surface area contributed by atoms with Gasteiger partial charge in [-0.1, -0.05) is 13.8 Å². The average Bonchev–Trinajstić information content (AvgIpc) is 2.84. The summed E-state index contributed by atoms with van der Waals surface area (Å²) in [5, 5.41) is 9.15. The van der Waals surface area contributed by atoms with Crippen LogP contribution >= 0.6 is 0 Å². The van der Waals surface area contributed by atoms with Crippen molar-refractivity contribution in [1.29, 1.82) is 0 Å². The molecule has 1 heterocycles. The second kappa shape index (κ2) is 5.14. The molecule has 0 saturated heterocycles. The fraction of sp³-hybridized carbons (Fsp3) is 0.286. The Morgan fingerprint density at radius 1 is 1.32 bits per heavy atom. The van der Waals surface area contributed by atoms with Crippen LogP contribution in [0.25, 0.3) is 11.4 Å². The molecule has 2 rings (SSSR count). The first-order valence-electron chi connectivity index (χ1n) is 6.00. The lowest BCUT2D eigenvalue weighted by atomic mass is 10.1. The van der Waals surface area contributed by atoms with Crippen molar-refractivity contribution in [2.45, 2.75) is 19.8 Å². The van der Waals surface area contributed by atoms with E-state index in [0.29, 0.717) is 11.5 Å². The Hall–Kier alpha value is -2.30. The second-order valence-corrected chi connectivity index (χ2v) is 4.54. The van der Waals surface area contributed by atoms with Gasteiger partial charge in [0.15, 0.2) is 5.69 Å². The highest BCUT2D eigenvalue weighted by Gasteiger charge is 2.19. The third-order valence-corrected chi connectivity index (χ3v) is 2.88. The summed E-state index contributed by atoms with van der Waals surface area (Å²) in [5.74, 6) is 0.368. The highest BCUT2D eigenvalue weighted by Crippen LogP contribution is 2.24. The molecule has 0 aliphatic carbocycles. The predicted octanol–water partition coefficient (Wildman–Crippen LogP) is 2.91. The van der Waals surface area contributed by atoms with E-state index in [2.05, 4.69) is 9.97 Å². The maximum Gasteiger partial charge on any atom is 0.356 e. The molecule has 0 amide bonds. The molecule has 0 atom stereocenters. The SMILES string of the molecule is COc1ccc(-c2nc(C(=O)O)c(C(C)C)[nH]2)cc1. The summed E-state index contributed by atoms with van der Waals surface area (Å²) in [5.41, 5.74) is 1.55. The molecule has 0 bridgehead atoms. The number of nitrogens with zero attached hydrogens (tertiary/aromatic N) is 1. The Bertz CT molecular complexity index is 585. The number of imidazole rings is 1. The van der Waals surface area contributed by atoms with Gasteiger partial charge in [0.05, 0.1) is 12.8 Å². The van der Waals surface area contributed by atoms with E-state index in [1.165, 1.54) is 0 Å². The number of nitrogens with one attached hydrogen (secondary N) is 1. The van der Waals surface area contributed by atoms with Gasteiger partial charge in [-0.25, -0.2) is 9.78 Å². The number of carbonyl (C=O) groups is 1. The minimum absolute atomic E-state index is 0.0746. The number of hydrogen-bond acceptors (Lipinski definition) is 3. The van der Waals surface area contributed by atoms with Gasteiger partial charge in [0, 0.05) is 5.56 Å². The molecule has 0 aliphatic heterocycles. The smallest absolute Gasteiger partial charge is 0.356 e. The molecule has 0 fully saturated rings. The van der Waals surface area contributed by atoms with Crippen molar-refractivity contribution in [3.8, 4) is 17.1 Å². The lowest BCUT2D eigenvalue weighted by Crippen LogP contribution is -2.02. The Kier molecular flexibility index (Phi) is 3.55. The molecule has 0 radical (unpaired) electrons. The molecule has 0 saturated carbocycles. The van der Waals surface area contributed by atoms with Crippen molar-refractivity contribution in [2.24, 2.45) is 0 Å². The number of hydrogen-bond donors (Lipinski definition) is 2. The van der Waals surface area contributed by atoms with E-state index in [9.17, 15) is 4.79 Å².